The van der Waals surface area contributed by atoms with E-state index in [9.17, 15) is 10.1 Å². The van der Waals surface area contributed by atoms with E-state index in [1.807, 2.05) is 49.4 Å². The van der Waals surface area contributed by atoms with Crippen molar-refractivity contribution < 1.29 is 14.6 Å². The van der Waals surface area contributed by atoms with Crippen LogP contribution in [0.25, 0.3) is 22.7 Å². The average molecular weight is 409 g/mol. The second-order valence-corrected chi connectivity index (χ2v) is 7.14. The smallest absolute Gasteiger partial charge is 0.335 e. The number of ether oxygens (including phenoxy) is 1. The summed E-state index contributed by atoms with van der Waals surface area (Å²) in [7, 11) is 0. The Morgan fingerprint density at radius 3 is 2.55 bits per heavy atom. The molecule has 0 amide bonds. The van der Waals surface area contributed by atoms with E-state index in [0.29, 0.717) is 23.8 Å². The van der Waals surface area contributed by atoms with Crippen LogP contribution in [0.3, 0.4) is 0 Å². The second-order valence-electron chi connectivity index (χ2n) is 7.14. The number of rotatable bonds is 6. The highest BCUT2D eigenvalue weighted by Crippen LogP contribution is 2.22. The summed E-state index contributed by atoms with van der Waals surface area (Å²) in [4.78, 5) is 18.6. The first kappa shape index (κ1) is 19.9. The molecular weight excluding hydrogens is 390 g/mol. The normalized spacial score (nSPS) is 11.3. The van der Waals surface area contributed by atoms with Crippen molar-refractivity contribution in [2.45, 2.75) is 13.5 Å². The molecule has 31 heavy (non-hydrogen) atoms. The predicted molar refractivity (Wildman–Crippen MR) is 118 cm³/mol. The Balaban J connectivity index is 1.46. The second kappa shape index (κ2) is 8.56. The monoisotopic (exact) mass is 409 g/mol. The first-order chi connectivity index (χ1) is 15.0. The number of imidazole rings is 1. The lowest BCUT2D eigenvalue weighted by molar-refractivity contribution is 0.0697. The molecule has 0 spiro atoms. The Kier molecular flexibility index (Phi) is 5.50. The summed E-state index contributed by atoms with van der Waals surface area (Å²) < 4.78 is 5.76. The van der Waals surface area contributed by atoms with Gasteiger partial charge in [-0.15, -0.1) is 0 Å². The molecular formula is C25H19N3O3. The molecule has 0 aliphatic carbocycles. The minimum Gasteiger partial charge on any atom is -0.489 e. The van der Waals surface area contributed by atoms with Gasteiger partial charge in [-0.3, -0.25) is 0 Å². The number of carboxylic acid groups (broad SMARTS) is 1. The third-order valence-corrected chi connectivity index (χ3v) is 4.81. The Bertz CT molecular complexity index is 1310. The first-order valence-corrected chi connectivity index (χ1v) is 9.65. The van der Waals surface area contributed by atoms with Crippen molar-refractivity contribution in [2.75, 3.05) is 0 Å². The number of hydrogen-bond donors (Lipinski definition) is 2. The van der Waals surface area contributed by atoms with Crippen LogP contribution in [-0.4, -0.2) is 21.0 Å². The molecule has 4 aromatic rings. The molecule has 0 fully saturated rings. The number of nitriles is 1. The molecule has 0 aliphatic heterocycles. The SMILES string of the molecule is Cc1ccc2nc(C(C#N)=Cc3ccc(OCc4ccc(C(=O)O)cc4)cc3)[nH]c2c1. The molecule has 0 radical (unpaired) electrons. The zero-order chi connectivity index (χ0) is 21.8. The zero-order valence-corrected chi connectivity index (χ0v) is 16.8. The average Bonchev–Trinajstić information content (AvgIpc) is 3.20. The van der Waals surface area contributed by atoms with Gasteiger partial charge in [-0.2, -0.15) is 5.26 Å². The zero-order valence-electron chi connectivity index (χ0n) is 16.8. The molecule has 1 heterocycles. The summed E-state index contributed by atoms with van der Waals surface area (Å²) in [5, 5.41) is 18.5. The van der Waals surface area contributed by atoms with E-state index in [2.05, 4.69) is 16.0 Å². The predicted octanol–water partition coefficient (Wildman–Crippen LogP) is 5.21. The van der Waals surface area contributed by atoms with Gasteiger partial charge in [-0.1, -0.05) is 30.3 Å². The molecule has 3 aromatic carbocycles. The largest absolute Gasteiger partial charge is 0.489 e. The van der Waals surface area contributed by atoms with Gasteiger partial charge in [-0.05, 0) is 66.1 Å². The number of aryl methyl sites for hydroxylation is 1. The summed E-state index contributed by atoms with van der Waals surface area (Å²) in [5.74, 6) is 0.260. The van der Waals surface area contributed by atoms with Gasteiger partial charge in [0.15, 0.2) is 0 Å². The lowest BCUT2D eigenvalue weighted by Crippen LogP contribution is -1.98. The summed E-state index contributed by atoms with van der Waals surface area (Å²) in [6, 6.07) is 22.1. The number of aromatic amines is 1. The van der Waals surface area contributed by atoms with Crippen molar-refractivity contribution in [2.24, 2.45) is 0 Å². The van der Waals surface area contributed by atoms with E-state index in [4.69, 9.17) is 9.84 Å². The van der Waals surface area contributed by atoms with Gasteiger partial charge in [0.05, 0.1) is 22.2 Å². The van der Waals surface area contributed by atoms with Crippen molar-refractivity contribution in [3.8, 4) is 11.8 Å². The van der Waals surface area contributed by atoms with Crippen LogP contribution >= 0.6 is 0 Å². The Hall–Kier alpha value is -4.37. The number of aromatic nitrogens is 2. The number of fused-ring (bicyclic) bond motifs is 1. The number of nitrogens with one attached hydrogen (secondary N) is 1. The van der Waals surface area contributed by atoms with Crippen LogP contribution in [-0.2, 0) is 6.61 Å². The quantitative estimate of drug-likeness (QED) is 0.426. The number of hydrogen-bond acceptors (Lipinski definition) is 4. The van der Waals surface area contributed by atoms with Gasteiger partial charge in [0.2, 0.25) is 0 Å². The molecule has 0 unspecified atom stereocenters. The molecule has 2 N–H and O–H groups in total. The number of nitrogens with zero attached hydrogens (tertiary/aromatic N) is 2. The Morgan fingerprint density at radius 1 is 1.13 bits per heavy atom. The number of allylic oxidation sites excluding steroid dienone is 1. The van der Waals surface area contributed by atoms with Crippen molar-refractivity contribution >= 4 is 28.7 Å². The molecule has 1 aromatic heterocycles. The number of H-pyrrole nitrogens is 1. The van der Waals surface area contributed by atoms with Crippen molar-refractivity contribution in [3.63, 3.8) is 0 Å². The molecule has 6 heteroatoms. The minimum absolute atomic E-state index is 0.243. The van der Waals surface area contributed by atoms with E-state index in [0.717, 1.165) is 27.7 Å². The highest BCUT2D eigenvalue weighted by atomic mass is 16.5. The van der Waals surface area contributed by atoms with E-state index in [1.165, 1.54) is 0 Å². The Morgan fingerprint density at radius 2 is 1.87 bits per heavy atom. The third kappa shape index (κ3) is 4.62. The van der Waals surface area contributed by atoms with Gasteiger partial charge in [0.25, 0.3) is 0 Å². The molecule has 0 bridgehead atoms. The van der Waals surface area contributed by atoms with Crippen LogP contribution in [0.4, 0.5) is 0 Å². The maximum Gasteiger partial charge on any atom is 0.335 e. The maximum absolute atomic E-state index is 10.9. The third-order valence-electron chi connectivity index (χ3n) is 4.81. The van der Waals surface area contributed by atoms with E-state index < -0.39 is 5.97 Å². The van der Waals surface area contributed by atoms with Crippen LogP contribution < -0.4 is 4.74 Å². The lowest BCUT2D eigenvalue weighted by Gasteiger charge is -2.07. The first-order valence-electron chi connectivity index (χ1n) is 9.65. The van der Waals surface area contributed by atoms with Crippen LogP contribution in [0.5, 0.6) is 5.75 Å². The molecule has 6 nitrogen and oxygen atoms in total. The lowest BCUT2D eigenvalue weighted by atomic mass is 10.1. The van der Waals surface area contributed by atoms with E-state index >= 15 is 0 Å². The highest BCUT2D eigenvalue weighted by molar-refractivity contribution is 5.90. The highest BCUT2D eigenvalue weighted by Gasteiger charge is 2.08. The van der Waals surface area contributed by atoms with E-state index in [-0.39, 0.29) is 5.56 Å². The standard InChI is InChI=1S/C25H19N3O3/c1-16-2-11-22-23(12-16)28-24(27-22)20(14-26)13-17-5-9-21(10-6-17)31-15-18-3-7-19(8-4-18)25(29)30/h2-13H,15H2,1H3,(H,27,28)(H,29,30). The molecule has 0 atom stereocenters. The maximum atomic E-state index is 10.9. The topological polar surface area (TPSA) is 99.0 Å². The molecule has 0 saturated carbocycles. The number of carboxylic acids is 1. The fourth-order valence-electron chi connectivity index (χ4n) is 3.14. The Labute approximate surface area is 179 Å². The number of carbonyl (C=O) groups is 1. The van der Waals surface area contributed by atoms with Crippen molar-refractivity contribution in [1.82, 2.24) is 9.97 Å². The minimum atomic E-state index is -0.953. The fraction of sp³-hybridized carbons (Fsp3) is 0.0800. The van der Waals surface area contributed by atoms with Crippen LogP contribution in [0, 0.1) is 18.3 Å². The van der Waals surface area contributed by atoms with Gasteiger partial charge in [-0.25, -0.2) is 9.78 Å². The summed E-state index contributed by atoms with van der Waals surface area (Å²) >= 11 is 0. The molecule has 4 rings (SSSR count). The van der Waals surface area contributed by atoms with Gasteiger partial charge in [0.1, 0.15) is 24.3 Å². The van der Waals surface area contributed by atoms with Gasteiger partial charge >= 0.3 is 5.97 Å². The summed E-state index contributed by atoms with van der Waals surface area (Å²) in [6.45, 7) is 2.34. The van der Waals surface area contributed by atoms with Crippen LogP contribution in [0.2, 0.25) is 0 Å². The summed E-state index contributed by atoms with van der Waals surface area (Å²) in [6.07, 6.45) is 1.78. The molecule has 0 aliphatic rings. The number of benzene rings is 3. The van der Waals surface area contributed by atoms with Gasteiger partial charge < -0.3 is 14.8 Å². The van der Waals surface area contributed by atoms with Crippen molar-refractivity contribution in [1.29, 1.82) is 5.26 Å². The summed E-state index contributed by atoms with van der Waals surface area (Å²) in [5.41, 5.74) is 5.26. The molecule has 152 valence electrons. The number of aromatic carboxylic acids is 1. The van der Waals surface area contributed by atoms with Crippen LogP contribution in [0.15, 0.2) is 66.7 Å². The fourth-order valence-corrected chi connectivity index (χ4v) is 3.14. The van der Waals surface area contributed by atoms with Gasteiger partial charge in [0, 0.05) is 0 Å². The molecule has 0 saturated heterocycles. The van der Waals surface area contributed by atoms with Crippen molar-refractivity contribution in [3.05, 3.63) is 94.8 Å². The van der Waals surface area contributed by atoms with E-state index in [1.54, 1.807) is 30.3 Å². The van der Waals surface area contributed by atoms with Crippen LogP contribution in [0.1, 0.15) is 32.9 Å².